The molecule has 0 spiro atoms. The largest absolute Gasteiger partial charge is 0.510 e. The van der Waals surface area contributed by atoms with E-state index in [-0.39, 0.29) is 31.9 Å². The van der Waals surface area contributed by atoms with E-state index in [4.69, 9.17) is 9.72 Å². The third kappa shape index (κ3) is 8.69. The summed E-state index contributed by atoms with van der Waals surface area (Å²) >= 11 is 0. The quantitative estimate of drug-likeness (QED) is 0.107. The predicted octanol–water partition coefficient (Wildman–Crippen LogP) is 15.7. The molecule has 11 aromatic rings. The van der Waals surface area contributed by atoms with E-state index in [0.717, 1.165) is 84.3 Å². The first-order chi connectivity index (χ1) is 33.4. The number of hydrogen-bond donors (Lipinski definition) is 0. The summed E-state index contributed by atoms with van der Waals surface area (Å²) in [7, 11) is 0. The van der Waals surface area contributed by atoms with Gasteiger partial charge in [0.1, 0.15) is 5.82 Å². The fourth-order valence-electron chi connectivity index (χ4n) is 9.50. The average Bonchev–Trinajstić information content (AvgIpc) is 3.91. The molecule has 0 saturated carbocycles. The topological polar surface area (TPSA) is 35.9 Å². The molecular formula is C64H54N4OPt-2. The zero-order valence-corrected chi connectivity index (χ0v) is 42.9. The van der Waals surface area contributed by atoms with Crippen LogP contribution in [0.4, 0.5) is 0 Å². The van der Waals surface area contributed by atoms with Gasteiger partial charge in [-0.3, -0.25) is 4.57 Å². The van der Waals surface area contributed by atoms with E-state index in [0.29, 0.717) is 11.5 Å². The maximum absolute atomic E-state index is 6.73. The monoisotopic (exact) mass is 1090 g/mol. The first-order valence-electron chi connectivity index (χ1n) is 23.9. The zero-order valence-electron chi connectivity index (χ0n) is 40.6. The van der Waals surface area contributed by atoms with Gasteiger partial charge in [0.2, 0.25) is 0 Å². The van der Waals surface area contributed by atoms with Crippen LogP contribution < -0.4 is 9.30 Å². The number of rotatable bonds is 9. The average molecular weight is 1090 g/mol. The number of aromatic nitrogens is 4. The van der Waals surface area contributed by atoms with Gasteiger partial charge in [0.05, 0.1) is 16.7 Å². The van der Waals surface area contributed by atoms with E-state index in [9.17, 15) is 0 Å². The summed E-state index contributed by atoms with van der Waals surface area (Å²) in [6.07, 6.45) is 6.71. The fraction of sp³-hybridized carbons (Fsp3) is 0.156. The third-order valence-electron chi connectivity index (χ3n) is 13.3. The van der Waals surface area contributed by atoms with E-state index >= 15 is 0 Å². The number of hydrogen-bond acceptors (Lipinski definition) is 2. The smallest absolute Gasteiger partial charge is 0.268 e. The van der Waals surface area contributed by atoms with Crippen molar-refractivity contribution >= 4 is 32.8 Å². The van der Waals surface area contributed by atoms with Crippen molar-refractivity contribution in [1.29, 1.82) is 0 Å². The van der Waals surface area contributed by atoms with E-state index in [1.165, 1.54) is 22.3 Å². The second-order valence-electron chi connectivity index (χ2n) is 20.0. The number of aryl methyl sites for hydroxylation is 1. The van der Waals surface area contributed by atoms with Crippen LogP contribution in [0.5, 0.6) is 11.5 Å². The van der Waals surface area contributed by atoms with Crippen molar-refractivity contribution in [2.24, 2.45) is 0 Å². The van der Waals surface area contributed by atoms with E-state index in [1.807, 2.05) is 24.4 Å². The van der Waals surface area contributed by atoms with Gasteiger partial charge in [-0.15, -0.1) is 29.7 Å². The normalized spacial score (nSPS) is 11.9. The number of benzene rings is 8. The summed E-state index contributed by atoms with van der Waals surface area (Å²) in [6.45, 7) is 16.0. The second kappa shape index (κ2) is 18.5. The molecule has 6 heteroatoms. The van der Waals surface area contributed by atoms with Crippen LogP contribution in [0.3, 0.4) is 0 Å². The van der Waals surface area contributed by atoms with E-state index < -0.39 is 0 Å². The van der Waals surface area contributed by atoms with Crippen molar-refractivity contribution in [3.8, 4) is 62.1 Å². The molecule has 0 N–H and O–H groups in total. The van der Waals surface area contributed by atoms with E-state index in [2.05, 4.69) is 244 Å². The number of fused-ring (bicyclic) bond motifs is 4. The third-order valence-corrected chi connectivity index (χ3v) is 13.3. The molecule has 0 bridgehead atoms. The van der Waals surface area contributed by atoms with Gasteiger partial charge >= 0.3 is 0 Å². The van der Waals surface area contributed by atoms with Crippen molar-refractivity contribution in [2.45, 2.75) is 65.7 Å². The van der Waals surface area contributed by atoms with Crippen LogP contribution >= 0.6 is 0 Å². The Hall–Kier alpha value is -7.33. The zero-order chi connectivity index (χ0) is 47.4. The maximum Gasteiger partial charge on any atom is 0.268 e. The first-order valence-corrected chi connectivity index (χ1v) is 23.9. The molecule has 0 unspecified atom stereocenters. The van der Waals surface area contributed by atoms with Crippen molar-refractivity contribution in [3.63, 3.8) is 0 Å². The fourth-order valence-corrected chi connectivity index (χ4v) is 9.50. The molecule has 0 fully saturated rings. The molecule has 0 radical (unpaired) electrons. The molecule has 5 nitrogen and oxygen atoms in total. The van der Waals surface area contributed by atoms with Crippen LogP contribution in [0.2, 0.25) is 0 Å². The summed E-state index contributed by atoms with van der Waals surface area (Å²) in [4.78, 5) is 4.82. The number of para-hydroxylation sites is 2. The van der Waals surface area contributed by atoms with Crippen molar-refractivity contribution in [3.05, 3.63) is 223 Å². The number of imidazole rings is 1. The molecule has 0 amide bonds. The number of ether oxygens (including phenoxy) is 1. The summed E-state index contributed by atoms with van der Waals surface area (Å²) in [5, 5.41) is 2.22. The van der Waals surface area contributed by atoms with Gasteiger partial charge in [-0.05, 0) is 103 Å². The van der Waals surface area contributed by atoms with Crippen LogP contribution in [0.1, 0.15) is 65.2 Å². The molecule has 11 rings (SSSR count). The van der Waals surface area contributed by atoms with Crippen LogP contribution in [0, 0.1) is 18.5 Å². The van der Waals surface area contributed by atoms with Gasteiger partial charge in [0.15, 0.2) is 0 Å². The van der Waals surface area contributed by atoms with Crippen molar-refractivity contribution in [2.75, 3.05) is 0 Å². The van der Waals surface area contributed by atoms with Crippen molar-refractivity contribution < 1.29 is 30.4 Å². The molecule has 0 aliphatic carbocycles. The summed E-state index contributed by atoms with van der Waals surface area (Å²) in [5.74, 6) is 2.01. The maximum atomic E-state index is 6.73. The standard InChI is InChI=1S/C64H54N4O.Pt/c1-8-43-33-34-65-61(35-43)68-57-28-16-15-25-55(57)56-31-30-52(41-59(56)68)69-51-24-17-23-50(40-51)66-42-67(58-32-29-46(38-60(58)66)44-19-11-9-12-20-44)62-53(45-21-13-10-14-22-45)26-18-27-54(62)47-36-48(63(2,3)4)39-49(37-47)64(5,6)7;/h9-39H,8H2,1-7H3;/q-2;. The van der Waals surface area contributed by atoms with Gasteiger partial charge in [0, 0.05) is 44.3 Å². The molecule has 0 saturated heterocycles. The second-order valence-corrected chi connectivity index (χ2v) is 20.0. The Morgan fingerprint density at radius 3 is 1.91 bits per heavy atom. The Labute approximate surface area is 426 Å². The first kappa shape index (κ1) is 46.4. The Bertz CT molecular complexity index is 3670. The molecule has 0 aliphatic rings. The molecule has 348 valence electrons. The minimum atomic E-state index is -0.0565. The van der Waals surface area contributed by atoms with Gasteiger partial charge in [0.25, 0.3) is 6.33 Å². The molecule has 0 aliphatic heterocycles. The minimum absolute atomic E-state index is 0. The molecule has 8 aromatic carbocycles. The predicted molar refractivity (Wildman–Crippen MR) is 283 cm³/mol. The van der Waals surface area contributed by atoms with Crippen LogP contribution in [0.25, 0.3) is 83.4 Å². The Morgan fingerprint density at radius 1 is 0.543 bits per heavy atom. The Balaban J connectivity index is 0.00000567. The van der Waals surface area contributed by atoms with Gasteiger partial charge in [-0.25, -0.2) is 4.98 Å². The van der Waals surface area contributed by atoms with Gasteiger partial charge in [-0.2, -0.15) is 18.2 Å². The molecular weight excluding hydrogens is 1040 g/mol. The van der Waals surface area contributed by atoms with E-state index in [1.54, 1.807) is 0 Å². The SMILES string of the molecule is CCc1ccnc(-n2c3[c-]c(Oc4[c-]c(-n5[c-][n+](-c6c(-c7ccccc7)cccc6-c6cc(C(C)(C)C)cc(C(C)(C)C)c6)c6ccc(-c7ccccc7)cc65)ccc4)ccc3c3ccccc32)c1.[Pt]. The minimum Gasteiger partial charge on any atom is -0.510 e. The molecule has 3 heterocycles. The summed E-state index contributed by atoms with van der Waals surface area (Å²) < 4.78 is 13.3. The molecule has 70 heavy (non-hydrogen) atoms. The van der Waals surface area contributed by atoms with Crippen LogP contribution in [-0.4, -0.2) is 14.1 Å². The van der Waals surface area contributed by atoms with Crippen LogP contribution in [0.15, 0.2) is 188 Å². The number of nitrogens with zero attached hydrogens (tertiary/aromatic N) is 4. The van der Waals surface area contributed by atoms with Gasteiger partial charge in [-0.1, -0.05) is 181 Å². The molecule has 0 atom stereocenters. The van der Waals surface area contributed by atoms with Crippen LogP contribution in [-0.2, 0) is 38.3 Å². The summed E-state index contributed by atoms with van der Waals surface area (Å²) in [5.41, 5.74) is 16.3. The Morgan fingerprint density at radius 2 is 1.20 bits per heavy atom. The van der Waals surface area contributed by atoms with Crippen molar-refractivity contribution in [1.82, 2.24) is 14.1 Å². The molecule has 3 aromatic heterocycles. The number of pyridine rings is 1. The van der Waals surface area contributed by atoms with Gasteiger partial charge < -0.3 is 13.9 Å². The summed E-state index contributed by atoms with van der Waals surface area (Å²) in [6, 6.07) is 72.0. The Kier molecular flexibility index (Phi) is 12.3.